The highest BCUT2D eigenvalue weighted by Crippen LogP contribution is 2.31. The first kappa shape index (κ1) is 25.4. The number of hydrogen-bond donors (Lipinski definition) is 0. The van der Waals surface area contributed by atoms with Crippen LogP contribution in [0.5, 0.6) is 0 Å². The van der Waals surface area contributed by atoms with Crippen molar-refractivity contribution in [2.45, 2.75) is 64.9 Å². The molecule has 182 valence electrons. The molecule has 1 saturated heterocycles. The van der Waals surface area contributed by atoms with E-state index in [4.69, 9.17) is 28.4 Å². The van der Waals surface area contributed by atoms with E-state index >= 15 is 0 Å². The third-order valence-corrected chi connectivity index (χ3v) is 4.89. The molecule has 9 nitrogen and oxygen atoms in total. The van der Waals surface area contributed by atoms with E-state index in [-0.39, 0.29) is 13.2 Å². The molecule has 0 saturated carbocycles. The normalized spacial score (nSPS) is 24.1. The van der Waals surface area contributed by atoms with E-state index < -0.39 is 48.8 Å². The van der Waals surface area contributed by atoms with Gasteiger partial charge in [0.1, 0.15) is 6.10 Å². The smallest absolute Gasteiger partial charge is 0.305 e. The van der Waals surface area contributed by atoms with Gasteiger partial charge in [0, 0.05) is 20.8 Å². The summed E-state index contributed by atoms with van der Waals surface area (Å²) in [5.74, 6) is -1.94. The maximum Gasteiger partial charge on any atom is 0.305 e. The van der Waals surface area contributed by atoms with E-state index in [1.54, 1.807) is 0 Å². The van der Waals surface area contributed by atoms with Crippen LogP contribution in [-0.4, -0.2) is 48.8 Å². The van der Waals surface area contributed by atoms with Gasteiger partial charge in [-0.2, -0.15) is 0 Å². The fourth-order valence-electron chi connectivity index (χ4n) is 3.51. The van der Waals surface area contributed by atoms with Gasteiger partial charge in [-0.3, -0.25) is 19.1 Å². The molecule has 0 radical (unpaired) electrons. The number of carbonyl (C=O) groups excluding carboxylic acids is 3. The molecule has 1 aliphatic heterocycles. The molecule has 0 spiro atoms. The molecule has 5 atom stereocenters. The van der Waals surface area contributed by atoms with Crippen molar-refractivity contribution in [2.24, 2.45) is 0 Å². The van der Waals surface area contributed by atoms with Crippen LogP contribution in [0.2, 0.25) is 0 Å². The average molecular weight is 472 g/mol. The monoisotopic (exact) mass is 472 g/mol. The maximum absolute atomic E-state index is 11.9. The third kappa shape index (κ3) is 7.38. The minimum absolute atomic E-state index is 0.133. The summed E-state index contributed by atoms with van der Waals surface area (Å²) in [7, 11) is 0. The predicted molar refractivity (Wildman–Crippen MR) is 118 cm³/mol. The maximum atomic E-state index is 11.9. The van der Waals surface area contributed by atoms with Gasteiger partial charge in [0.25, 0.3) is 0 Å². The van der Waals surface area contributed by atoms with Gasteiger partial charge in [-0.15, -0.1) is 0 Å². The molecule has 0 aliphatic carbocycles. The fourth-order valence-corrected chi connectivity index (χ4v) is 3.51. The first-order chi connectivity index (χ1) is 16.3. The van der Waals surface area contributed by atoms with Gasteiger partial charge < -0.3 is 23.7 Å². The van der Waals surface area contributed by atoms with Gasteiger partial charge >= 0.3 is 17.9 Å². The molecule has 34 heavy (non-hydrogen) atoms. The van der Waals surface area contributed by atoms with Crippen LogP contribution in [0, 0.1) is 0 Å². The van der Waals surface area contributed by atoms with Crippen molar-refractivity contribution in [3.05, 3.63) is 71.8 Å². The molecular formula is C25H28O9. The minimum atomic E-state index is -1.37. The molecule has 3 rings (SSSR count). The van der Waals surface area contributed by atoms with Crippen molar-refractivity contribution in [2.75, 3.05) is 0 Å². The second-order valence-electron chi connectivity index (χ2n) is 7.69. The summed E-state index contributed by atoms with van der Waals surface area (Å²) >= 11 is 0. The summed E-state index contributed by atoms with van der Waals surface area (Å²) in [4.78, 5) is 35.5. The number of rotatable bonds is 9. The van der Waals surface area contributed by atoms with Gasteiger partial charge in [0.15, 0.2) is 12.2 Å². The van der Waals surface area contributed by atoms with Gasteiger partial charge in [0.2, 0.25) is 12.6 Å². The van der Waals surface area contributed by atoms with Crippen molar-refractivity contribution < 1.29 is 42.8 Å². The van der Waals surface area contributed by atoms with E-state index in [0.717, 1.165) is 11.1 Å². The molecule has 0 bridgehead atoms. The molecule has 1 aliphatic rings. The standard InChI is InChI=1S/C25H28O9/c1-16(26)31-23-21(29-14-19-10-6-4-7-11-19)22(30-15-20-12-8-5-9-13-20)24(32-17(2)27)34-25(23)33-18(3)28/h4-13,21-25H,14-15H2,1-3H3/t21-,22-,23+,24+,25+/m1/s1. The second-order valence-corrected chi connectivity index (χ2v) is 7.69. The lowest BCUT2D eigenvalue weighted by Gasteiger charge is -2.44. The predicted octanol–water partition coefficient (Wildman–Crippen LogP) is 2.90. The highest BCUT2D eigenvalue weighted by molar-refractivity contribution is 5.67. The Hall–Kier alpha value is -3.27. The average Bonchev–Trinajstić information content (AvgIpc) is 2.79. The van der Waals surface area contributed by atoms with E-state index in [2.05, 4.69) is 0 Å². The van der Waals surface area contributed by atoms with Crippen LogP contribution in [0.3, 0.4) is 0 Å². The molecule has 9 heteroatoms. The molecule has 0 N–H and O–H groups in total. The molecular weight excluding hydrogens is 444 g/mol. The zero-order valence-electron chi connectivity index (χ0n) is 19.2. The van der Waals surface area contributed by atoms with E-state index in [9.17, 15) is 14.4 Å². The SMILES string of the molecule is CC(=O)O[C@H]1O[C@H](OC(C)=O)[C@H](OCc2ccccc2)[C@@H](OCc2ccccc2)[C@@H]1OC(C)=O. The van der Waals surface area contributed by atoms with Crippen molar-refractivity contribution in [3.63, 3.8) is 0 Å². The number of ether oxygens (including phenoxy) is 6. The van der Waals surface area contributed by atoms with Gasteiger partial charge in [-0.25, -0.2) is 0 Å². The fraction of sp³-hybridized carbons (Fsp3) is 0.400. The molecule has 0 unspecified atom stereocenters. The summed E-state index contributed by atoms with van der Waals surface area (Å²) in [6.07, 6.45) is -5.81. The Kier molecular flexibility index (Phi) is 9.15. The lowest BCUT2D eigenvalue weighted by molar-refractivity contribution is -0.347. The summed E-state index contributed by atoms with van der Waals surface area (Å²) < 4.78 is 34.0. The van der Waals surface area contributed by atoms with Crippen molar-refractivity contribution in [1.29, 1.82) is 0 Å². The number of benzene rings is 2. The van der Waals surface area contributed by atoms with Crippen molar-refractivity contribution in [1.82, 2.24) is 0 Å². The lowest BCUT2D eigenvalue weighted by Crippen LogP contribution is -2.62. The zero-order chi connectivity index (χ0) is 24.5. The van der Waals surface area contributed by atoms with Crippen LogP contribution >= 0.6 is 0 Å². The molecule has 0 aromatic heterocycles. The molecule has 2 aromatic rings. The summed E-state index contributed by atoms with van der Waals surface area (Å²) in [5, 5.41) is 0. The first-order valence-corrected chi connectivity index (χ1v) is 10.8. The molecule has 1 heterocycles. The van der Waals surface area contributed by atoms with Crippen LogP contribution < -0.4 is 0 Å². The number of hydrogen-bond acceptors (Lipinski definition) is 9. The highest BCUT2D eigenvalue weighted by atomic mass is 16.8. The lowest BCUT2D eigenvalue weighted by atomic mass is 10.0. The first-order valence-electron chi connectivity index (χ1n) is 10.8. The molecule has 1 fully saturated rings. The number of esters is 3. The topological polar surface area (TPSA) is 107 Å². The Morgan fingerprint density at radius 3 is 1.47 bits per heavy atom. The van der Waals surface area contributed by atoms with Crippen LogP contribution in [0.1, 0.15) is 31.9 Å². The summed E-state index contributed by atoms with van der Waals surface area (Å²) in [6.45, 7) is 3.90. The number of carbonyl (C=O) groups is 3. The largest absolute Gasteiger partial charge is 0.453 e. The third-order valence-electron chi connectivity index (χ3n) is 4.89. The zero-order valence-corrected chi connectivity index (χ0v) is 19.2. The van der Waals surface area contributed by atoms with Crippen LogP contribution in [0.4, 0.5) is 0 Å². The van der Waals surface area contributed by atoms with Crippen molar-refractivity contribution >= 4 is 17.9 Å². The van der Waals surface area contributed by atoms with E-state index in [1.807, 2.05) is 60.7 Å². The molecule has 2 aromatic carbocycles. The van der Waals surface area contributed by atoms with Crippen LogP contribution in [0.15, 0.2) is 60.7 Å². The Morgan fingerprint density at radius 1 is 0.618 bits per heavy atom. The van der Waals surface area contributed by atoms with Gasteiger partial charge in [-0.1, -0.05) is 60.7 Å². The van der Waals surface area contributed by atoms with E-state index in [1.165, 1.54) is 20.8 Å². The van der Waals surface area contributed by atoms with Gasteiger partial charge in [0.05, 0.1) is 13.2 Å². The minimum Gasteiger partial charge on any atom is -0.453 e. The van der Waals surface area contributed by atoms with Crippen molar-refractivity contribution in [3.8, 4) is 0 Å². The second kappa shape index (κ2) is 12.3. The van der Waals surface area contributed by atoms with Crippen LogP contribution in [0.25, 0.3) is 0 Å². The van der Waals surface area contributed by atoms with E-state index in [0.29, 0.717) is 0 Å². The van der Waals surface area contributed by atoms with Crippen LogP contribution in [-0.2, 0) is 56.0 Å². The summed E-state index contributed by atoms with van der Waals surface area (Å²) in [5.41, 5.74) is 1.71. The Labute approximate surface area is 197 Å². The Bertz CT molecular complexity index is 947. The highest BCUT2D eigenvalue weighted by Gasteiger charge is 2.52. The van der Waals surface area contributed by atoms with Gasteiger partial charge in [-0.05, 0) is 11.1 Å². The molecule has 0 amide bonds. The Morgan fingerprint density at radius 2 is 1.03 bits per heavy atom. The summed E-state index contributed by atoms with van der Waals surface area (Å²) in [6, 6.07) is 18.7. The quantitative estimate of drug-likeness (QED) is 0.402. The Balaban J connectivity index is 1.93.